The first kappa shape index (κ1) is 12.6. The molecule has 0 N–H and O–H groups in total. The van der Waals surface area contributed by atoms with Gasteiger partial charge < -0.3 is 0 Å². The van der Waals surface area contributed by atoms with Gasteiger partial charge in [0.05, 0.1) is 4.90 Å². The van der Waals surface area contributed by atoms with Gasteiger partial charge in [-0.25, -0.2) is 8.42 Å². The summed E-state index contributed by atoms with van der Waals surface area (Å²) in [5, 5.41) is 0. The number of hydrogen-bond donors (Lipinski definition) is 0. The van der Waals surface area contributed by atoms with E-state index in [0.29, 0.717) is 17.4 Å². The molecule has 1 aromatic carbocycles. The van der Waals surface area contributed by atoms with E-state index in [-0.39, 0.29) is 6.04 Å². The Balaban J connectivity index is 2.33. The molecule has 1 aromatic rings. The van der Waals surface area contributed by atoms with Crippen molar-refractivity contribution in [1.29, 1.82) is 0 Å². The maximum absolute atomic E-state index is 12.5. The molecule has 0 spiro atoms. The van der Waals surface area contributed by atoms with E-state index >= 15 is 0 Å². The number of rotatable bonds is 2. The lowest BCUT2D eigenvalue weighted by Gasteiger charge is -2.36. The third-order valence-corrected chi connectivity index (χ3v) is 5.67. The standard InChI is InChI=1S/C13H19NO2S/c1-11-7-6-10-14(12(11)2)17(15,16)13-8-4-3-5-9-13/h3-5,8-9,11-12H,6-7,10H2,1-2H3. The zero-order valence-electron chi connectivity index (χ0n) is 10.3. The maximum Gasteiger partial charge on any atom is 0.243 e. The van der Waals surface area contributed by atoms with Crippen LogP contribution in [0.4, 0.5) is 0 Å². The van der Waals surface area contributed by atoms with Crippen LogP contribution in [0.1, 0.15) is 26.7 Å². The molecule has 1 aliphatic rings. The van der Waals surface area contributed by atoms with E-state index < -0.39 is 10.0 Å². The molecule has 0 aromatic heterocycles. The minimum atomic E-state index is -3.31. The average molecular weight is 253 g/mol. The summed E-state index contributed by atoms with van der Waals surface area (Å²) in [5.41, 5.74) is 0. The Morgan fingerprint density at radius 2 is 1.82 bits per heavy atom. The highest BCUT2D eigenvalue weighted by Gasteiger charge is 2.34. The van der Waals surface area contributed by atoms with Gasteiger partial charge >= 0.3 is 0 Å². The normalized spacial score (nSPS) is 26.9. The van der Waals surface area contributed by atoms with Crippen LogP contribution in [-0.2, 0) is 10.0 Å². The number of benzene rings is 1. The summed E-state index contributed by atoms with van der Waals surface area (Å²) < 4.78 is 26.6. The van der Waals surface area contributed by atoms with Crippen molar-refractivity contribution in [3.63, 3.8) is 0 Å². The molecule has 2 unspecified atom stereocenters. The number of hydrogen-bond acceptors (Lipinski definition) is 2. The Morgan fingerprint density at radius 3 is 2.47 bits per heavy atom. The topological polar surface area (TPSA) is 37.4 Å². The van der Waals surface area contributed by atoms with E-state index in [1.165, 1.54) is 0 Å². The molecule has 3 nitrogen and oxygen atoms in total. The zero-order chi connectivity index (χ0) is 12.5. The van der Waals surface area contributed by atoms with Gasteiger partial charge in [-0.3, -0.25) is 0 Å². The highest BCUT2D eigenvalue weighted by Crippen LogP contribution is 2.28. The molecule has 0 amide bonds. The predicted molar refractivity (Wildman–Crippen MR) is 68.2 cm³/mol. The van der Waals surface area contributed by atoms with Gasteiger partial charge in [0.25, 0.3) is 0 Å². The van der Waals surface area contributed by atoms with E-state index in [1.54, 1.807) is 28.6 Å². The van der Waals surface area contributed by atoms with Crippen molar-refractivity contribution < 1.29 is 8.42 Å². The second-order valence-corrected chi connectivity index (χ2v) is 6.68. The van der Waals surface area contributed by atoms with Gasteiger partial charge in [-0.1, -0.05) is 25.1 Å². The van der Waals surface area contributed by atoms with E-state index in [2.05, 4.69) is 6.92 Å². The third kappa shape index (κ3) is 2.38. The minimum absolute atomic E-state index is 0.0916. The van der Waals surface area contributed by atoms with Crippen molar-refractivity contribution in [2.75, 3.05) is 6.54 Å². The molecule has 1 fully saturated rings. The first-order chi connectivity index (χ1) is 8.03. The predicted octanol–water partition coefficient (Wildman–Crippen LogP) is 2.50. The Labute approximate surface area is 104 Å². The van der Waals surface area contributed by atoms with Gasteiger partial charge in [-0.05, 0) is 37.8 Å². The Bertz CT molecular complexity index is 469. The quantitative estimate of drug-likeness (QED) is 0.812. The molecule has 1 aliphatic heterocycles. The highest BCUT2D eigenvalue weighted by atomic mass is 32.2. The van der Waals surface area contributed by atoms with Crippen LogP contribution < -0.4 is 0 Å². The van der Waals surface area contributed by atoms with Crippen LogP contribution in [0.2, 0.25) is 0 Å². The summed E-state index contributed by atoms with van der Waals surface area (Å²) in [6.07, 6.45) is 2.07. The van der Waals surface area contributed by atoms with Gasteiger partial charge in [0.2, 0.25) is 10.0 Å². The van der Waals surface area contributed by atoms with Crippen LogP contribution >= 0.6 is 0 Å². The second kappa shape index (κ2) is 4.78. The molecule has 0 saturated carbocycles. The van der Waals surface area contributed by atoms with Crippen LogP contribution in [0.3, 0.4) is 0 Å². The van der Waals surface area contributed by atoms with Gasteiger partial charge in [0, 0.05) is 12.6 Å². The fourth-order valence-electron chi connectivity index (χ4n) is 2.36. The SMILES string of the molecule is CC1CCCN(S(=O)(=O)c2ccccc2)C1C. The molecular weight excluding hydrogens is 234 g/mol. The van der Waals surface area contributed by atoms with Crippen LogP contribution in [0.25, 0.3) is 0 Å². The van der Waals surface area contributed by atoms with Crippen molar-refractivity contribution >= 4 is 10.0 Å². The molecule has 4 heteroatoms. The molecule has 17 heavy (non-hydrogen) atoms. The van der Waals surface area contributed by atoms with Crippen LogP contribution in [0, 0.1) is 5.92 Å². The third-order valence-electron chi connectivity index (χ3n) is 3.67. The number of piperidine rings is 1. The van der Waals surface area contributed by atoms with E-state index in [9.17, 15) is 8.42 Å². The number of nitrogens with zero attached hydrogens (tertiary/aromatic N) is 1. The van der Waals surface area contributed by atoms with Gasteiger partial charge in [0.15, 0.2) is 0 Å². The van der Waals surface area contributed by atoms with E-state index in [1.807, 2.05) is 13.0 Å². The largest absolute Gasteiger partial charge is 0.243 e. The van der Waals surface area contributed by atoms with E-state index in [4.69, 9.17) is 0 Å². The molecule has 94 valence electrons. The maximum atomic E-state index is 12.5. The molecule has 1 heterocycles. The zero-order valence-corrected chi connectivity index (χ0v) is 11.2. The first-order valence-electron chi connectivity index (χ1n) is 6.10. The fourth-order valence-corrected chi connectivity index (χ4v) is 4.15. The monoisotopic (exact) mass is 253 g/mol. The van der Waals surface area contributed by atoms with Gasteiger partial charge in [-0.15, -0.1) is 0 Å². The lowest BCUT2D eigenvalue weighted by atomic mass is 9.94. The summed E-state index contributed by atoms with van der Waals surface area (Å²) >= 11 is 0. The Kier molecular flexibility index (Phi) is 3.54. The summed E-state index contributed by atoms with van der Waals surface area (Å²) in [5.74, 6) is 0.433. The summed E-state index contributed by atoms with van der Waals surface area (Å²) in [7, 11) is -3.31. The van der Waals surface area contributed by atoms with Crippen molar-refractivity contribution in [3.8, 4) is 0 Å². The summed E-state index contributed by atoms with van der Waals surface area (Å²) in [6.45, 7) is 4.77. The molecule has 0 radical (unpaired) electrons. The first-order valence-corrected chi connectivity index (χ1v) is 7.54. The second-order valence-electron chi connectivity index (χ2n) is 4.79. The molecule has 1 saturated heterocycles. The van der Waals surface area contributed by atoms with Crippen LogP contribution in [0.5, 0.6) is 0 Å². The van der Waals surface area contributed by atoms with Crippen LogP contribution in [0.15, 0.2) is 35.2 Å². The van der Waals surface area contributed by atoms with Crippen molar-refractivity contribution in [2.45, 2.75) is 37.6 Å². The van der Waals surface area contributed by atoms with Crippen LogP contribution in [-0.4, -0.2) is 25.3 Å². The fraction of sp³-hybridized carbons (Fsp3) is 0.538. The molecular formula is C13H19NO2S. The summed E-state index contributed by atoms with van der Waals surface area (Å²) in [6, 6.07) is 8.80. The van der Waals surface area contributed by atoms with Gasteiger partial charge in [0.1, 0.15) is 0 Å². The average Bonchev–Trinajstić information content (AvgIpc) is 2.33. The highest BCUT2D eigenvalue weighted by molar-refractivity contribution is 7.89. The van der Waals surface area contributed by atoms with Gasteiger partial charge in [-0.2, -0.15) is 4.31 Å². The van der Waals surface area contributed by atoms with E-state index in [0.717, 1.165) is 12.8 Å². The minimum Gasteiger partial charge on any atom is -0.207 e. The molecule has 0 aliphatic carbocycles. The Hall–Kier alpha value is -0.870. The smallest absolute Gasteiger partial charge is 0.207 e. The van der Waals surface area contributed by atoms with Crippen molar-refractivity contribution in [2.24, 2.45) is 5.92 Å². The van der Waals surface area contributed by atoms with Crippen molar-refractivity contribution in [1.82, 2.24) is 4.31 Å². The number of sulfonamides is 1. The molecule has 0 bridgehead atoms. The van der Waals surface area contributed by atoms with Crippen molar-refractivity contribution in [3.05, 3.63) is 30.3 Å². The summed E-state index contributed by atoms with van der Waals surface area (Å²) in [4.78, 5) is 0.404. The Morgan fingerprint density at radius 1 is 1.18 bits per heavy atom. The lowest BCUT2D eigenvalue weighted by Crippen LogP contribution is -2.45. The molecule has 2 rings (SSSR count). The molecule has 2 atom stereocenters. The lowest BCUT2D eigenvalue weighted by molar-refractivity contribution is 0.202.